The van der Waals surface area contributed by atoms with E-state index in [2.05, 4.69) is 15.1 Å². The van der Waals surface area contributed by atoms with E-state index in [-0.39, 0.29) is 35.2 Å². The predicted octanol–water partition coefficient (Wildman–Crippen LogP) is 2.95. The molecule has 0 bridgehead atoms. The Bertz CT molecular complexity index is 1420. The fourth-order valence-corrected chi connectivity index (χ4v) is 3.73. The molecule has 2 heterocycles. The highest BCUT2D eigenvalue weighted by Crippen LogP contribution is 2.17. The van der Waals surface area contributed by atoms with E-state index in [1.54, 1.807) is 47.4 Å². The average molecular weight is 431 g/mol. The lowest BCUT2D eigenvalue weighted by Gasteiger charge is -2.21. The van der Waals surface area contributed by atoms with Gasteiger partial charge in [-0.25, -0.2) is 9.67 Å². The minimum Gasteiger partial charge on any atom is -0.330 e. The minimum absolute atomic E-state index is 0.120. The summed E-state index contributed by atoms with van der Waals surface area (Å²) in [5.74, 6) is 0.263. The first-order valence-corrected chi connectivity index (χ1v) is 10.7. The Morgan fingerprint density at radius 2 is 1.69 bits per heavy atom. The lowest BCUT2D eigenvalue weighted by Crippen LogP contribution is -2.35. The minimum atomic E-state index is -0.322. The number of H-pyrrole nitrogens is 1. The van der Waals surface area contributed by atoms with Gasteiger partial charge in [0.05, 0.1) is 22.8 Å². The zero-order valence-corrected chi connectivity index (χ0v) is 18.3. The Labute approximate surface area is 184 Å². The van der Waals surface area contributed by atoms with Crippen molar-refractivity contribution >= 4 is 27.6 Å². The summed E-state index contributed by atoms with van der Waals surface area (Å²) in [6, 6.07) is 14.1. The van der Waals surface area contributed by atoms with Gasteiger partial charge in [0.25, 0.3) is 17.0 Å². The Hall–Kier alpha value is -3.81. The van der Waals surface area contributed by atoms with E-state index in [1.807, 2.05) is 26.8 Å². The smallest absolute Gasteiger partial charge is 0.275 e. The van der Waals surface area contributed by atoms with E-state index in [9.17, 15) is 14.4 Å². The van der Waals surface area contributed by atoms with Crippen molar-refractivity contribution in [1.82, 2.24) is 24.6 Å². The number of benzene rings is 2. The van der Waals surface area contributed by atoms with Crippen molar-refractivity contribution in [3.63, 3.8) is 0 Å². The Morgan fingerprint density at radius 3 is 2.38 bits per heavy atom. The molecule has 0 saturated carbocycles. The number of carbonyl (C=O) groups is 1. The first kappa shape index (κ1) is 21.4. The average Bonchev–Trinajstić information content (AvgIpc) is 2.79. The SMILES string of the molecule is CCN(Cc1nc2ccccc2c(=O)[nH]1)C(=O)c1nn(CC(C)C)c(=O)c2ccccc12. The summed E-state index contributed by atoms with van der Waals surface area (Å²) in [5.41, 5.74) is 0.326. The fraction of sp³-hybridized carbons (Fsp3) is 0.292. The van der Waals surface area contributed by atoms with Crippen LogP contribution in [0.1, 0.15) is 37.1 Å². The van der Waals surface area contributed by atoms with Gasteiger partial charge in [-0.1, -0.05) is 44.2 Å². The highest BCUT2D eigenvalue weighted by molar-refractivity contribution is 6.04. The van der Waals surface area contributed by atoms with E-state index in [1.165, 1.54) is 4.68 Å². The monoisotopic (exact) mass is 431 g/mol. The Morgan fingerprint density at radius 1 is 1.03 bits per heavy atom. The second kappa shape index (κ2) is 8.74. The number of hydrogen-bond acceptors (Lipinski definition) is 5. The molecule has 0 fully saturated rings. The number of amides is 1. The molecule has 2 aromatic carbocycles. The van der Waals surface area contributed by atoms with Crippen LogP contribution in [0.3, 0.4) is 0 Å². The van der Waals surface area contributed by atoms with Gasteiger partial charge in [0.2, 0.25) is 0 Å². The first-order valence-electron chi connectivity index (χ1n) is 10.7. The van der Waals surface area contributed by atoms with Gasteiger partial charge in [-0.15, -0.1) is 0 Å². The Kier molecular flexibility index (Phi) is 5.85. The molecule has 0 atom stereocenters. The van der Waals surface area contributed by atoms with Gasteiger partial charge in [-0.3, -0.25) is 14.4 Å². The molecular formula is C24H25N5O3. The van der Waals surface area contributed by atoms with Crippen LogP contribution in [0.15, 0.2) is 58.1 Å². The summed E-state index contributed by atoms with van der Waals surface area (Å²) in [4.78, 5) is 47.6. The second-order valence-corrected chi connectivity index (χ2v) is 8.12. The standard InChI is InChI=1S/C24H25N5O3/c1-4-28(14-20-25-19-12-8-7-11-18(19)22(30)26-20)24(32)21-16-9-5-6-10-17(16)23(31)29(27-21)13-15(2)3/h5-12,15H,4,13-14H2,1-3H3,(H,25,26,30). The van der Waals surface area contributed by atoms with Gasteiger partial charge >= 0.3 is 0 Å². The molecule has 0 spiro atoms. The molecule has 8 nitrogen and oxygen atoms in total. The van der Waals surface area contributed by atoms with Crippen LogP contribution < -0.4 is 11.1 Å². The molecule has 0 unspecified atom stereocenters. The fourth-order valence-electron chi connectivity index (χ4n) is 3.73. The molecular weight excluding hydrogens is 406 g/mol. The predicted molar refractivity (Wildman–Crippen MR) is 124 cm³/mol. The van der Waals surface area contributed by atoms with E-state index in [0.29, 0.717) is 40.6 Å². The zero-order valence-electron chi connectivity index (χ0n) is 18.3. The molecule has 164 valence electrons. The van der Waals surface area contributed by atoms with Crippen LogP contribution >= 0.6 is 0 Å². The number of para-hydroxylation sites is 1. The first-order chi connectivity index (χ1) is 15.4. The molecule has 4 aromatic rings. The maximum Gasteiger partial charge on any atom is 0.275 e. The molecule has 8 heteroatoms. The number of carbonyl (C=O) groups excluding carboxylic acids is 1. The number of aromatic nitrogens is 4. The van der Waals surface area contributed by atoms with Crippen molar-refractivity contribution in [2.45, 2.75) is 33.9 Å². The normalized spacial score (nSPS) is 11.4. The maximum atomic E-state index is 13.5. The van der Waals surface area contributed by atoms with Gasteiger partial charge in [-0.2, -0.15) is 5.10 Å². The Balaban J connectivity index is 1.76. The summed E-state index contributed by atoms with van der Waals surface area (Å²) >= 11 is 0. The summed E-state index contributed by atoms with van der Waals surface area (Å²) in [6.07, 6.45) is 0. The van der Waals surface area contributed by atoms with E-state index < -0.39 is 0 Å². The number of hydrogen-bond donors (Lipinski definition) is 1. The molecule has 0 aliphatic heterocycles. The molecule has 1 amide bonds. The van der Waals surface area contributed by atoms with Crippen molar-refractivity contribution in [2.75, 3.05) is 6.54 Å². The molecule has 2 aromatic heterocycles. The summed E-state index contributed by atoms with van der Waals surface area (Å²) < 4.78 is 1.37. The largest absolute Gasteiger partial charge is 0.330 e. The molecule has 0 aliphatic carbocycles. The summed E-state index contributed by atoms with van der Waals surface area (Å²) in [6.45, 7) is 6.75. The van der Waals surface area contributed by atoms with Crippen LogP contribution in [-0.4, -0.2) is 37.1 Å². The highest BCUT2D eigenvalue weighted by Gasteiger charge is 2.22. The third-order valence-electron chi connectivity index (χ3n) is 5.28. The van der Waals surface area contributed by atoms with Crippen LogP contribution in [-0.2, 0) is 13.1 Å². The maximum absolute atomic E-state index is 13.5. The third-order valence-corrected chi connectivity index (χ3v) is 5.28. The van der Waals surface area contributed by atoms with E-state index in [0.717, 1.165) is 0 Å². The van der Waals surface area contributed by atoms with Gasteiger partial charge in [0, 0.05) is 18.5 Å². The second-order valence-electron chi connectivity index (χ2n) is 8.12. The lowest BCUT2D eigenvalue weighted by atomic mass is 10.1. The third kappa shape index (κ3) is 4.03. The highest BCUT2D eigenvalue weighted by atomic mass is 16.2. The number of rotatable bonds is 6. The van der Waals surface area contributed by atoms with Crippen LogP contribution in [0.25, 0.3) is 21.7 Å². The number of nitrogens with zero attached hydrogens (tertiary/aromatic N) is 4. The van der Waals surface area contributed by atoms with Crippen LogP contribution in [0.5, 0.6) is 0 Å². The van der Waals surface area contributed by atoms with Gasteiger partial charge in [0.1, 0.15) is 5.82 Å². The van der Waals surface area contributed by atoms with Crippen molar-refractivity contribution in [3.05, 3.63) is 80.8 Å². The van der Waals surface area contributed by atoms with Gasteiger partial charge in [-0.05, 0) is 31.0 Å². The molecule has 0 aliphatic rings. The quantitative estimate of drug-likeness (QED) is 0.506. The molecule has 1 N–H and O–H groups in total. The van der Waals surface area contributed by atoms with E-state index >= 15 is 0 Å². The summed E-state index contributed by atoms with van der Waals surface area (Å²) in [7, 11) is 0. The van der Waals surface area contributed by atoms with E-state index in [4.69, 9.17) is 0 Å². The number of aromatic amines is 1. The molecule has 0 saturated heterocycles. The van der Waals surface area contributed by atoms with Gasteiger partial charge < -0.3 is 9.88 Å². The van der Waals surface area contributed by atoms with Crippen LogP contribution in [0.4, 0.5) is 0 Å². The van der Waals surface area contributed by atoms with Gasteiger partial charge in [0.15, 0.2) is 5.69 Å². The van der Waals surface area contributed by atoms with Crippen molar-refractivity contribution in [1.29, 1.82) is 0 Å². The molecule has 32 heavy (non-hydrogen) atoms. The molecule has 4 rings (SSSR count). The molecule has 0 radical (unpaired) electrons. The van der Waals surface area contributed by atoms with Crippen molar-refractivity contribution < 1.29 is 4.79 Å². The lowest BCUT2D eigenvalue weighted by molar-refractivity contribution is 0.0741. The number of nitrogens with one attached hydrogen (secondary N) is 1. The van der Waals surface area contributed by atoms with Crippen molar-refractivity contribution in [2.24, 2.45) is 5.92 Å². The number of fused-ring (bicyclic) bond motifs is 2. The summed E-state index contributed by atoms with van der Waals surface area (Å²) in [5, 5.41) is 5.91. The zero-order chi connectivity index (χ0) is 22.8. The van der Waals surface area contributed by atoms with Crippen molar-refractivity contribution in [3.8, 4) is 0 Å². The van der Waals surface area contributed by atoms with Crippen LogP contribution in [0, 0.1) is 5.92 Å². The topological polar surface area (TPSA) is 101 Å². The van der Waals surface area contributed by atoms with Crippen LogP contribution in [0.2, 0.25) is 0 Å².